The first-order chi connectivity index (χ1) is 12.1. The lowest BCUT2D eigenvalue weighted by molar-refractivity contribution is 0.0374. The Morgan fingerprint density at radius 3 is 2.76 bits per heavy atom. The molecule has 1 aromatic carbocycles. The fraction of sp³-hybridized carbons (Fsp3) is 0.444. The number of benzene rings is 1. The number of aromatic nitrogens is 1. The van der Waals surface area contributed by atoms with Crippen molar-refractivity contribution >= 4 is 16.8 Å². The number of nitrogens with one attached hydrogen (secondary N) is 1. The summed E-state index contributed by atoms with van der Waals surface area (Å²) >= 11 is 0. The molecule has 1 saturated heterocycles. The minimum absolute atomic E-state index is 0.201. The molecule has 0 bridgehead atoms. The normalized spacial score (nSPS) is 15.4. The van der Waals surface area contributed by atoms with Gasteiger partial charge >= 0.3 is 0 Å². The third-order valence-corrected chi connectivity index (χ3v) is 4.54. The SMILES string of the molecule is Cn1c(=O)c(C(=O)NCCCN2CCOCC2)c(O)c2ccccc21. The monoisotopic (exact) mass is 345 g/mol. The van der Waals surface area contributed by atoms with E-state index in [9.17, 15) is 14.7 Å². The van der Waals surface area contributed by atoms with Crippen LogP contribution in [0.5, 0.6) is 5.75 Å². The minimum Gasteiger partial charge on any atom is -0.506 e. The van der Waals surface area contributed by atoms with Gasteiger partial charge in [0.05, 0.1) is 18.7 Å². The van der Waals surface area contributed by atoms with Crippen molar-refractivity contribution in [1.82, 2.24) is 14.8 Å². The summed E-state index contributed by atoms with van der Waals surface area (Å²) in [6.07, 6.45) is 0.778. The Bertz CT molecular complexity index is 825. The van der Waals surface area contributed by atoms with Gasteiger partial charge in [0.15, 0.2) is 0 Å². The van der Waals surface area contributed by atoms with Crippen molar-refractivity contribution in [2.75, 3.05) is 39.4 Å². The van der Waals surface area contributed by atoms with Crippen LogP contribution in [-0.2, 0) is 11.8 Å². The number of rotatable bonds is 5. The van der Waals surface area contributed by atoms with E-state index in [0.29, 0.717) is 17.4 Å². The second-order valence-electron chi connectivity index (χ2n) is 6.17. The number of aryl methyl sites for hydroxylation is 1. The minimum atomic E-state index is -0.536. The predicted octanol–water partition coefficient (Wildman–Crippen LogP) is 0.696. The van der Waals surface area contributed by atoms with Crippen molar-refractivity contribution in [1.29, 1.82) is 0 Å². The predicted molar refractivity (Wildman–Crippen MR) is 95.1 cm³/mol. The van der Waals surface area contributed by atoms with E-state index < -0.39 is 11.5 Å². The topological polar surface area (TPSA) is 83.8 Å². The summed E-state index contributed by atoms with van der Waals surface area (Å²) in [5.41, 5.74) is -0.108. The molecule has 1 aliphatic rings. The van der Waals surface area contributed by atoms with E-state index in [-0.39, 0.29) is 11.3 Å². The van der Waals surface area contributed by atoms with Crippen molar-refractivity contribution in [2.24, 2.45) is 7.05 Å². The Morgan fingerprint density at radius 2 is 2.00 bits per heavy atom. The zero-order valence-corrected chi connectivity index (χ0v) is 14.3. The van der Waals surface area contributed by atoms with Crippen LogP contribution >= 0.6 is 0 Å². The Labute approximate surface area is 145 Å². The van der Waals surface area contributed by atoms with Gasteiger partial charge in [-0.15, -0.1) is 0 Å². The Kier molecular flexibility index (Phi) is 5.35. The molecule has 0 atom stereocenters. The van der Waals surface area contributed by atoms with Gasteiger partial charge in [0.25, 0.3) is 11.5 Å². The molecule has 0 aliphatic carbocycles. The fourth-order valence-corrected chi connectivity index (χ4v) is 3.10. The Morgan fingerprint density at radius 1 is 1.28 bits per heavy atom. The molecule has 25 heavy (non-hydrogen) atoms. The van der Waals surface area contributed by atoms with Gasteiger partial charge < -0.3 is 19.7 Å². The molecular formula is C18H23N3O4. The second-order valence-corrected chi connectivity index (χ2v) is 6.17. The van der Waals surface area contributed by atoms with E-state index >= 15 is 0 Å². The molecule has 2 heterocycles. The molecule has 2 N–H and O–H groups in total. The first-order valence-corrected chi connectivity index (χ1v) is 8.48. The molecule has 1 fully saturated rings. The number of ether oxygens (including phenoxy) is 1. The van der Waals surface area contributed by atoms with E-state index in [1.54, 1.807) is 31.3 Å². The van der Waals surface area contributed by atoms with Crippen molar-refractivity contribution in [2.45, 2.75) is 6.42 Å². The fourth-order valence-electron chi connectivity index (χ4n) is 3.10. The number of aromatic hydroxyl groups is 1. The molecule has 0 unspecified atom stereocenters. The molecule has 0 radical (unpaired) electrons. The summed E-state index contributed by atoms with van der Waals surface area (Å²) < 4.78 is 6.69. The molecule has 0 spiro atoms. The van der Waals surface area contributed by atoms with Gasteiger partial charge in [-0.2, -0.15) is 0 Å². The highest BCUT2D eigenvalue weighted by molar-refractivity contribution is 6.02. The summed E-state index contributed by atoms with van der Waals surface area (Å²) in [5, 5.41) is 13.6. The number of para-hydroxylation sites is 1. The van der Waals surface area contributed by atoms with Crippen LogP contribution < -0.4 is 10.9 Å². The lowest BCUT2D eigenvalue weighted by Gasteiger charge is -2.26. The van der Waals surface area contributed by atoms with Crippen LogP contribution in [0.2, 0.25) is 0 Å². The highest BCUT2D eigenvalue weighted by Crippen LogP contribution is 2.25. The summed E-state index contributed by atoms with van der Waals surface area (Å²) in [4.78, 5) is 27.1. The molecular weight excluding hydrogens is 322 g/mol. The van der Waals surface area contributed by atoms with Crippen LogP contribution in [-0.4, -0.2) is 59.9 Å². The number of amides is 1. The maximum Gasteiger partial charge on any atom is 0.267 e. The lowest BCUT2D eigenvalue weighted by Crippen LogP contribution is -2.38. The molecule has 134 valence electrons. The summed E-state index contributed by atoms with van der Waals surface area (Å²) in [6.45, 7) is 4.61. The third-order valence-electron chi connectivity index (χ3n) is 4.54. The van der Waals surface area contributed by atoms with E-state index in [0.717, 1.165) is 39.3 Å². The molecule has 0 saturated carbocycles. The van der Waals surface area contributed by atoms with Gasteiger partial charge in [-0.25, -0.2) is 0 Å². The number of hydrogen-bond donors (Lipinski definition) is 2. The van der Waals surface area contributed by atoms with E-state index in [1.165, 1.54) is 4.57 Å². The van der Waals surface area contributed by atoms with Crippen LogP contribution in [0.4, 0.5) is 0 Å². The highest BCUT2D eigenvalue weighted by Gasteiger charge is 2.20. The maximum absolute atomic E-state index is 12.4. The quantitative estimate of drug-likeness (QED) is 0.779. The van der Waals surface area contributed by atoms with Gasteiger partial charge in [0.1, 0.15) is 11.3 Å². The molecule has 7 heteroatoms. The Hall–Kier alpha value is -2.38. The first-order valence-electron chi connectivity index (χ1n) is 8.48. The number of morpholine rings is 1. The molecule has 2 aromatic rings. The molecule has 7 nitrogen and oxygen atoms in total. The number of pyridine rings is 1. The van der Waals surface area contributed by atoms with Crippen LogP contribution in [0.15, 0.2) is 29.1 Å². The molecule has 1 aromatic heterocycles. The lowest BCUT2D eigenvalue weighted by atomic mass is 10.1. The maximum atomic E-state index is 12.4. The first kappa shape index (κ1) is 17.4. The second kappa shape index (κ2) is 7.67. The number of fused-ring (bicyclic) bond motifs is 1. The smallest absolute Gasteiger partial charge is 0.267 e. The average Bonchev–Trinajstić information content (AvgIpc) is 2.64. The van der Waals surface area contributed by atoms with Gasteiger partial charge in [0.2, 0.25) is 0 Å². The van der Waals surface area contributed by atoms with Crippen molar-refractivity contribution in [3.05, 3.63) is 40.2 Å². The molecule has 1 aliphatic heterocycles. The van der Waals surface area contributed by atoms with Crippen molar-refractivity contribution in [3.63, 3.8) is 0 Å². The summed E-state index contributed by atoms with van der Waals surface area (Å²) in [5.74, 6) is -0.796. The summed E-state index contributed by atoms with van der Waals surface area (Å²) in [6, 6.07) is 6.98. The average molecular weight is 345 g/mol. The van der Waals surface area contributed by atoms with Gasteiger partial charge in [-0.1, -0.05) is 12.1 Å². The summed E-state index contributed by atoms with van der Waals surface area (Å²) in [7, 11) is 1.60. The Balaban J connectivity index is 1.68. The van der Waals surface area contributed by atoms with Crippen LogP contribution in [0.25, 0.3) is 10.9 Å². The van der Waals surface area contributed by atoms with Gasteiger partial charge in [-0.3, -0.25) is 14.5 Å². The number of hydrogen-bond acceptors (Lipinski definition) is 5. The van der Waals surface area contributed by atoms with E-state index in [1.807, 2.05) is 0 Å². The van der Waals surface area contributed by atoms with Gasteiger partial charge in [-0.05, 0) is 25.1 Å². The number of carbonyl (C=O) groups is 1. The van der Waals surface area contributed by atoms with Crippen LogP contribution in [0.1, 0.15) is 16.8 Å². The van der Waals surface area contributed by atoms with Crippen LogP contribution in [0.3, 0.4) is 0 Å². The zero-order chi connectivity index (χ0) is 17.8. The zero-order valence-electron chi connectivity index (χ0n) is 14.3. The van der Waals surface area contributed by atoms with Gasteiger partial charge in [0, 0.05) is 32.1 Å². The highest BCUT2D eigenvalue weighted by atomic mass is 16.5. The van der Waals surface area contributed by atoms with E-state index in [4.69, 9.17) is 4.74 Å². The molecule has 1 amide bonds. The standard InChI is InChI=1S/C18H23N3O4/c1-20-14-6-3-2-5-13(14)16(22)15(18(20)24)17(23)19-7-4-8-21-9-11-25-12-10-21/h2-3,5-6,22H,4,7-12H2,1H3,(H,19,23). The largest absolute Gasteiger partial charge is 0.506 e. The van der Waals surface area contributed by atoms with Crippen molar-refractivity contribution in [3.8, 4) is 5.75 Å². The van der Waals surface area contributed by atoms with Crippen LogP contribution in [0, 0.1) is 0 Å². The molecule has 3 rings (SSSR count). The number of nitrogens with zero attached hydrogens (tertiary/aromatic N) is 2. The van der Waals surface area contributed by atoms with Crippen molar-refractivity contribution < 1.29 is 14.6 Å². The van der Waals surface area contributed by atoms with E-state index in [2.05, 4.69) is 10.2 Å². The number of carbonyl (C=O) groups excluding carboxylic acids is 1. The third kappa shape index (κ3) is 3.67.